The van der Waals surface area contributed by atoms with Gasteiger partial charge in [0.25, 0.3) is 5.91 Å². The molecule has 0 radical (unpaired) electrons. The van der Waals surface area contributed by atoms with Crippen molar-refractivity contribution in [2.75, 3.05) is 12.3 Å². The molecule has 0 saturated heterocycles. The number of rotatable bonds is 3. The third-order valence-corrected chi connectivity index (χ3v) is 4.03. The van der Waals surface area contributed by atoms with E-state index in [1.165, 1.54) is 0 Å². The highest BCUT2D eigenvalue weighted by molar-refractivity contribution is 5.99. The number of amides is 1. The minimum atomic E-state index is -0.177. The molecule has 0 aliphatic carbocycles. The molecule has 1 unspecified atom stereocenters. The maximum atomic E-state index is 12.2. The first-order valence-electron chi connectivity index (χ1n) is 7.22. The number of benzene rings is 1. The van der Waals surface area contributed by atoms with Gasteiger partial charge in [0.05, 0.1) is 5.52 Å². The zero-order valence-corrected chi connectivity index (χ0v) is 13.1. The van der Waals surface area contributed by atoms with Crippen LogP contribution in [-0.2, 0) is 0 Å². The summed E-state index contributed by atoms with van der Waals surface area (Å²) in [4.78, 5) is 16.6. The summed E-state index contributed by atoms with van der Waals surface area (Å²) in [6.07, 6.45) is 0. The van der Waals surface area contributed by atoms with E-state index < -0.39 is 0 Å². The van der Waals surface area contributed by atoms with Crippen molar-refractivity contribution >= 4 is 22.5 Å². The average Bonchev–Trinajstić information content (AvgIpc) is 2.43. The van der Waals surface area contributed by atoms with Gasteiger partial charge in [0.15, 0.2) is 0 Å². The van der Waals surface area contributed by atoms with Crippen LogP contribution in [0.5, 0.6) is 0 Å². The number of para-hydroxylation sites is 1. The number of aromatic nitrogens is 1. The molecule has 0 fully saturated rings. The van der Waals surface area contributed by atoms with Crippen molar-refractivity contribution in [3.8, 4) is 0 Å². The number of nitrogens with one attached hydrogen (secondary N) is 1. The smallest absolute Gasteiger partial charge is 0.269 e. The van der Waals surface area contributed by atoms with Gasteiger partial charge in [-0.2, -0.15) is 0 Å². The largest absolute Gasteiger partial charge is 0.398 e. The van der Waals surface area contributed by atoms with E-state index in [0.717, 1.165) is 10.9 Å². The molecule has 0 aliphatic heterocycles. The third-order valence-electron chi connectivity index (χ3n) is 4.03. The molecule has 21 heavy (non-hydrogen) atoms. The molecule has 1 atom stereocenters. The second-order valence-electron chi connectivity index (χ2n) is 6.59. The van der Waals surface area contributed by atoms with Crippen molar-refractivity contribution < 1.29 is 4.79 Å². The Kier molecular flexibility index (Phi) is 4.16. The SMILES string of the molecule is CC(CNC(=O)c1cc(N)c2ccccc2n1)C(C)(C)C. The minimum absolute atomic E-state index is 0.156. The first-order chi connectivity index (χ1) is 9.79. The molecule has 4 nitrogen and oxygen atoms in total. The number of hydrogen-bond acceptors (Lipinski definition) is 3. The van der Waals surface area contributed by atoms with Gasteiger partial charge in [0, 0.05) is 17.6 Å². The van der Waals surface area contributed by atoms with Gasteiger partial charge in [-0.1, -0.05) is 45.9 Å². The van der Waals surface area contributed by atoms with Gasteiger partial charge >= 0.3 is 0 Å². The van der Waals surface area contributed by atoms with E-state index in [4.69, 9.17) is 5.73 Å². The maximum absolute atomic E-state index is 12.2. The molecule has 0 bridgehead atoms. The molecule has 1 aromatic carbocycles. The molecule has 0 saturated carbocycles. The van der Waals surface area contributed by atoms with Crippen LogP contribution in [0.25, 0.3) is 10.9 Å². The van der Waals surface area contributed by atoms with Gasteiger partial charge in [0.1, 0.15) is 5.69 Å². The van der Waals surface area contributed by atoms with Gasteiger partial charge in [-0.3, -0.25) is 4.79 Å². The van der Waals surface area contributed by atoms with E-state index in [2.05, 4.69) is 38.0 Å². The van der Waals surface area contributed by atoms with Gasteiger partial charge in [-0.25, -0.2) is 4.98 Å². The van der Waals surface area contributed by atoms with Crippen LogP contribution >= 0.6 is 0 Å². The predicted octanol–water partition coefficient (Wildman–Crippen LogP) is 3.23. The number of fused-ring (bicyclic) bond motifs is 1. The highest BCUT2D eigenvalue weighted by atomic mass is 16.1. The summed E-state index contributed by atoms with van der Waals surface area (Å²) in [7, 11) is 0. The molecule has 0 spiro atoms. The minimum Gasteiger partial charge on any atom is -0.398 e. The Morgan fingerprint density at radius 2 is 2.00 bits per heavy atom. The molecule has 1 aromatic heterocycles. The van der Waals surface area contributed by atoms with Crippen molar-refractivity contribution in [1.82, 2.24) is 10.3 Å². The van der Waals surface area contributed by atoms with Crippen LogP contribution in [0, 0.1) is 11.3 Å². The number of nitrogens with two attached hydrogens (primary N) is 1. The summed E-state index contributed by atoms with van der Waals surface area (Å²) in [5.74, 6) is 0.197. The monoisotopic (exact) mass is 285 g/mol. The Morgan fingerprint density at radius 3 is 2.67 bits per heavy atom. The lowest BCUT2D eigenvalue weighted by Crippen LogP contribution is -2.34. The Morgan fingerprint density at radius 1 is 1.33 bits per heavy atom. The number of nitrogens with zero attached hydrogens (tertiary/aromatic N) is 1. The number of pyridine rings is 1. The summed E-state index contributed by atoms with van der Waals surface area (Å²) >= 11 is 0. The molecule has 2 aromatic rings. The van der Waals surface area contributed by atoms with E-state index in [1.807, 2.05) is 24.3 Å². The summed E-state index contributed by atoms with van der Waals surface area (Å²) in [5, 5.41) is 3.81. The van der Waals surface area contributed by atoms with E-state index in [1.54, 1.807) is 6.07 Å². The predicted molar refractivity (Wildman–Crippen MR) is 87.1 cm³/mol. The zero-order chi connectivity index (χ0) is 15.6. The highest BCUT2D eigenvalue weighted by Crippen LogP contribution is 2.24. The van der Waals surface area contributed by atoms with E-state index in [-0.39, 0.29) is 11.3 Å². The summed E-state index contributed by atoms with van der Waals surface area (Å²) in [5.41, 5.74) is 7.84. The summed E-state index contributed by atoms with van der Waals surface area (Å²) in [6.45, 7) is 9.24. The van der Waals surface area contributed by atoms with Crippen molar-refractivity contribution in [3.05, 3.63) is 36.0 Å². The lowest BCUT2D eigenvalue weighted by Gasteiger charge is -2.27. The van der Waals surface area contributed by atoms with Crippen LogP contribution in [0.4, 0.5) is 5.69 Å². The first kappa shape index (κ1) is 15.3. The Labute approximate surface area is 125 Å². The normalized spacial score (nSPS) is 13.1. The standard InChI is InChI=1S/C17H23N3O/c1-11(17(2,3)4)10-19-16(21)15-9-13(18)12-7-5-6-8-14(12)20-15/h5-9,11H,10H2,1-4H3,(H2,18,20)(H,19,21). The lowest BCUT2D eigenvalue weighted by atomic mass is 9.82. The van der Waals surface area contributed by atoms with Crippen LogP contribution in [0.15, 0.2) is 30.3 Å². The fourth-order valence-electron chi connectivity index (χ4n) is 1.96. The van der Waals surface area contributed by atoms with Crippen LogP contribution in [0.2, 0.25) is 0 Å². The Bertz CT molecular complexity index is 659. The number of hydrogen-bond donors (Lipinski definition) is 2. The molecular formula is C17H23N3O. The van der Waals surface area contributed by atoms with Crippen LogP contribution in [0.1, 0.15) is 38.2 Å². The van der Waals surface area contributed by atoms with Gasteiger partial charge in [-0.15, -0.1) is 0 Å². The van der Waals surface area contributed by atoms with Crippen LogP contribution in [0.3, 0.4) is 0 Å². The number of carbonyl (C=O) groups is 1. The van der Waals surface area contributed by atoms with Crippen molar-refractivity contribution in [2.45, 2.75) is 27.7 Å². The molecule has 112 valence electrons. The summed E-state index contributed by atoms with van der Waals surface area (Å²) in [6, 6.07) is 9.20. The second kappa shape index (κ2) is 5.72. The molecule has 2 rings (SSSR count). The number of anilines is 1. The molecule has 1 heterocycles. The van der Waals surface area contributed by atoms with Gasteiger partial charge < -0.3 is 11.1 Å². The zero-order valence-electron chi connectivity index (χ0n) is 13.1. The van der Waals surface area contributed by atoms with Crippen LogP contribution in [-0.4, -0.2) is 17.4 Å². The third kappa shape index (κ3) is 3.51. The maximum Gasteiger partial charge on any atom is 0.269 e. The molecule has 3 N–H and O–H groups in total. The van der Waals surface area contributed by atoms with Crippen molar-refractivity contribution in [1.29, 1.82) is 0 Å². The van der Waals surface area contributed by atoms with E-state index in [0.29, 0.717) is 23.8 Å². The lowest BCUT2D eigenvalue weighted by molar-refractivity contribution is 0.0932. The number of nitrogen functional groups attached to an aromatic ring is 1. The van der Waals surface area contributed by atoms with E-state index in [9.17, 15) is 4.79 Å². The molecular weight excluding hydrogens is 262 g/mol. The van der Waals surface area contributed by atoms with E-state index >= 15 is 0 Å². The quantitative estimate of drug-likeness (QED) is 0.909. The Hall–Kier alpha value is -2.10. The average molecular weight is 285 g/mol. The fourth-order valence-corrected chi connectivity index (χ4v) is 1.96. The van der Waals surface area contributed by atoms with Crippen molar-refractivity contribution in [3.63, 3.8) is 0 Å². The fraction of sp³-hybridized carbons (Fsp3) is 0.412. The summed E-state index contributed by atoms with van der Waals surface area (Å²) < 4.78 is 0. The first-order valence-corrected chi connectivity index (χ1v) is 7.22. The van der Waals surface area contributed by atoms with Gasteiger partial charge in [0.2, 0.25) is 0 Å². The van der Waals surface area contributed by atoms with Crippen LogP contribution < -0.4 is 11.1 Å². The number of carbonyl (C=O) groups excluding carboxylic acids is 1. The highest BCUT2D eigenvalue weighted by Gasteiger charge is 2.21. The van der Waals surface area contributed by atoms with Crippen molar-refractivity contribution in [2.24, 2.45) is 11.3 Å². The van der Waals surface area contributed by atoms with Gasteiger partial charge in [-0.05, 0) is 23.5 Å². The topological polar surface area (TPSA) is 68.0 Å². The molecule has 0 aliphatic rings. The molecule has 1 amide bonds. The second-order valence-corrected chi connectivity index (χ2v) is 6.59. The Balaban J connectivity index is 2.17. The molecule has 4 heteroatoms.